The second-order valence-corrected chi connectivity index (χ2v) is 15.9. The van der Waals surface area contributed by atoms with Gasteiger partial charge in [-0.15, -0.1) is 0 Å². The molecular formula is C13H35N3Si2. The summed E-state index contributed by atoms with van der Waals surface area (Å²) in [5.41, 5.74) is 0. The van der Waals surface area contributed by atoms with Gasteiger partial charge >= 0.3 is 0 Å². The van der Waals surface area contributed by atoms with Gasteiger partial charge < -0.3 is 13.4 Å². The number of unbranched alkanes of at least 4 members (excludes halogenated alkanes) is 2. The molecule has 0 aliphatic heterocycles. The Balaban J connectivity index is 5.05. The van der Waals surface area contributed by atoms with Gasteiger partial charge in [-0.05, 0) is 67.3 Å². The molecule has 0 unspecified atom stereocenters. The molecule has 0 heterocycles. The lowest BCUT2D eigenvalue weighted by atomic mass is 10.3. The summed E-state index contributed by atoms with van der Waals surface area (Å²) >= 11 is 0. The Hall–Kier alpha value is 0.314. The van der Waals surface area contributed by atoms with Crippen LogP contribution >= 0.6 is 0 Å². The van der Waals surface area contributed by atoms with Crippen LogP contribution in [0.1, 0.15) is 26.2 Å². The standard InChI is InChI=1S/C13H35N3Si2/c1-10-11-12-13-16(17(6,7)14(2)3)18(8,9)15(4)5/h10-13H2,1-9H3. The Morgan fingerprint density at radius 2 is 1.11 bits per heavy atom. The Kier molecular flexibility index (Phi) is 7.32. The van der Waals surface area contributed by atoms with Gasteiger partial charge in [0.1, 0.15) is 0 Å². The highest BCUT2D eigenvalue weighted by molar-refractivity contribution is 6.88. The fourth-order valence-electron chi connectivity index (χ4n) is 2.22. The van der Waals surface area contributed by atoms with E-state index in [9.17, 15) is 0 Å². The van der Waals surface area contributed by atoms with E-state index in [4.69, 9.17) is 0 Å². The highest BCUT2D eigenvalue weighted by atomic mass is 28.4. The number of hydrogen-bond donors (Lipinski definition) is 0. The first-order valence-corrected chi connectivity index (χ1v) is 13.0. The highest BCUT2D eigenvalue weighted by Crippen LogP contribution is 2.23. The molecular weight excluding hydrogens is 254 g/mol. The van der Waals surface area contributed by atoms with Crippen molar-refractivity contribution in [1.29, 1.82) is 0 Å². The Morgan fingerprint density at radius 1 is 0.722 bits per heavy atom. The van der Waals surface area contributed by atoms with Gasteiger partial charge in [-0.1, -0.05) is 19.8 Å². The summed E-state index contributed by atoms with van der Waals surface area (Å²) in [6.07, 6.45) is 4.00. The number of rotatable bonds is 8. The van der Waals surface area contributed by atoms with Crippen molar-refractivity contribution in [1.82, 2.24) is 13.4 Å². The van der Waals surface area contributed by atoms with Crippen molar-refractivity contribution in [2.75, 3.05) is 34.7 Å². The Bertz CT molecular complexity index is 220. The molecule has 0 aromatic rings. The molecule has 18 heavy (non-hydrogen) atoms. The van der Waals surface area contributed by atoms with E-state index in [1.165, 1.54) is 25.8 Å². The van der Waals surface area contributed by atoms with Gasteiger partial charge in [-0.2, -0.15) is 0 Å². The Morgan fingerprint density at radius 3 is 1.39 bits per heavy atom. The maximum atomic E-state index is 2.88. The van der Waals surface area contributed by atoms with Crippen LogP contribution in [0.4, 0.5) is 0 Å². The van der Waals surface area contributed by atoms with Crippen LogP contribution in [0.25, 0.3) is 0 Å². The minimum atomic E-state index is -1.47. The summed E-state index contributed by atoms with van der Waals surface area (Å²) in [6, 6.07) is 0. The second kappa shape index (κ2) is 7.19. The predicted octanol–water partition coefficient (Wildman–Crippen LogP) is 3.01. The quantitative estimate of drug-likeness (QED) is 0.502. The summed E-state index contributed by atoms with van der Waals surface area (Å²) in [4.78, 5) is 0. The van der Waals surface area contributed by atoms with Crippen LogP contribution in [0.2, 0.25) is 26.2 Å². The maximum absolute atomic E-state index is 2.88. The molecule has 0 rings (SSSR count). The smallest absolute Gasteiger partial charge is 0.194 e. The van der Waals surface area contributed by atoms with E-state index in [-0.39, 0.29) is 0 Å². The molecule has 0 radical (unpaired) electrons. The third-order valence-electron chi connectivity index (χ3n) is 4.50. The van der Waals surface area contributed by atoms with Crippen LogP contribution in [-0.2, 0) is 0 Å². The lowest BCUT2D eigenvalue weighted by molar-refractivity contribution is 0.436. The minimum Gasteiger partial charge on any atom is -0.322 e. The molecule has 0 bridgehead atoms. The molecule has 0 spiro atoms. The van der Waals surface area contributed by atoms with E-state index in [1.54, 1.807) is 0 Å². The molecule has 3 nitrogen and oxygen atoms in total. The van der Waals surface area contributed by atoms with Crippen molar-refractivity contribution in [3.8, 4) is 0 Å². The molecule has 0 N–H and O–H groups in total. The maximum Gasteiger partial charge on any atom is 0.194 e. The average Bonchev–Trinajstić information content (AvgIpc) is 2.23. The molecule has 0 aliphatic carbocycles. The van der Waals surface area contributed by atoms with E-state index in [0.717, 1.165) is 0 Å². The number of hydrogen-bond acceptors (Lipinski definition) is 3. The first kappa shape index (κ1) is 18.3. The summed E-state index contributed by atoms with van der Waals surface area (Å²) in [6.45, 7) is 13.5. The van der Waals surface area contributed by atoms with E-state index >= 15 is 0 Å². The topological polar surface area (TPSA) is 9.72 Å². The van der Waals surface area contributed by atoms with E-state index < -0.39 is 16.8 Å². The first-order chi connectivity index (χ1) is 8.08. The third kappa shape index (κ3) is 4.45. The van der Waals surface area contributed by atoms with Crippen molar-refractivity contribution in [2.24, 2.45) is 0 Å². The molecule has 0 aliphatic rings. The zero-order valence-electron chi connectivity index (χ0n) is 14.2. The van der Waals surface area contributed by atoms with Crippen LogP contribution in [0, 0.1) is 0 Å². The van der Waals surface area contributed by atoms with Gasteiger partial charge in [0, 0.05) is 0 Å². The SMILES string of the molecule is CCCCCN([Si](C)(C)N(C)C)[Si](C)(C)N(C)C. The van der Waals surface area contributed by atoms with Crippen LogP contribution in [0.5, 0.6) is 0 Å². The Labute approximate surface area is 117 Å². The van der Waals surface area contributed by atoms with Crippen LogP contribution in [-0.4, -0.2) is 64.9 Å². The van der Waals surface area contributed by atoms with Gasteiger partial charge in [-0.25, -0.2) is 0 Å². The third-order valence-corrected chi connectivity index (χ3v) is 15.2. The summed E-state index contributed by atoms with van der Waals surface area (Å²) in [5, 5.41) is 0. The van der Waals surface area contributed by atoms with Gasteiger partial charge in [-0.3, -0.25) is 0 Å². The highest BCUT2D eigenvalue weighted by Gasteiger charge is 2.43. The molecule has 0 fully saturated rings. The lowest BCUT2D eigenvalue weighted by Crippen LogP contribution is -2.72. The summed E-state index contributed by atoms with van der Waals surface area (Å²) < 4.78 is 7.85. The van der Waals surface area contributed by atoms with E-state index in [2.05, 4.69) is 74.7 Å². The van der Waals surface area contributed by atoms with E-state index in [1.807, 2.05) is 0 Å². The van der Waals surface area contributed by atoms with Crippen molar-refractivity contribution >= 4 is 16.8 Å². The van der Waals surface area contributed by atoms with Crippen LogP contribution < -0.4 is 0 Å². The van der Waals surface area contributed by atoms with Gasteiger partial charge in [0.2, 0.25) is 0 Å². The van der Waals surface area contributed by atoms with E-state index in [0.29, 0.717) is 0 Å². The van der Waals surface area contributed by atoms with Crippen molar-refractivity contribution in [2.45, 2.75) is 52.4 Å². The van der Waals surface area contributed by atoms with Crippen molar-refractivity contribution in [3.05, 3.63) is 0 Å². The zero-order valence-corrected chi connectivity index (χ0v) is 16.2. The molecule has 0 aromatic heterocycles. The van der Waals surface area contributed by atoms with Gasteiger partial charge in [0.25, 0.3) is 0 Å². The lowest BCUT2D eigenvalue weighted by Gasteiger charge is -2.51. The summed E-state index contributed by atoms with van der Waals surface area (Å²) in [7, 11) is 6.05. The van der Waals surface area contributed by atoms with Crippen LogP contribution in [0.3, 0.4) is 0 Å². The molecule has 0 aromatic carbocycles. The first-order valence-electron chi connectivity index (χ1n) is 7.21. The number of nitrogens with zero attached hydrogens (tertiary/aromatic N) is 3. The monoisotopic (exact) mass is 289 g/mol. The normalized spacial score (nSPS) is 14.0. The molecule has 110 valence electrons. The average molecular weight is 290 g/mol. The minimum absolute atomic E-state index is 1.27. The molecule has 0 saturated heterocycles. The molecule has 5 heteroatoms. The largest absolute Gasteiger partial charge is 0.322 e. The second-order valence-electron chi connectivity index (χ2n) is 6.64. The zero-order chi connectivity index (χ0) is 14.6. The molecule has 0 amide bonds. The van der Waals surface area contributed by atoms with Crippen LogP contribution in [0.15, 0.2) is 0 Å². The van der Waals surface area contributed by atoms with Crippen molar-refractivity contribution < 1.29 is 0 Å². The van der Waals surface area contributed by atoms with Gasteiger partial charge in [0.05, 0.1) is 0 Å². The van der Waals surface area contributed by atoms with Gasteiger partial charge in [0.15, 0.2) is 16.8 Å². The predicted molar refractivity (Wildman–Crippen MR) is 88.6 cm³/mol. The van der Waals surface area contributed by atoms with Crippen molar-refractivity contribution in [3.63, 3.8) is 0 Å². The summed E-state index contributed by atoms with van der Waals surface area (Å²) in [5.74, 6) is 0. The molecule has 0 atom stereocenters. The fraction of sp³-hybridized carbons (Fsp3) is 1.00. The fourth-order valence-corrected chi connectivity index (χ4v) is 11.2. The molecule has 0 saturated carbocycles.